The van der Waals surface area contributed by atoms with Crippen LogP contribution < -0.4 is 5.32 Å². The van der Waals surface area contributed by atoms with Gasteiger partial charge in [-0.15, -0.1) is 0 Å². The number of rotatable bonds is 2. The number of piperazine rings is 1. The molecule has 6 nitrogen and oxygen atoms in total. The predicted molar refractivity (Wildman–Crippen MR) is 76.9 cm³/mol. The van der Waals surface area contributed by atoms with E-state index in [-0.39, 0.29) is 30.5 Å². The number of sulfonamides is 1. The van der Waals surface area contributed by atoms with E-state index in [2.05, 4.69) is 17.2 Å². The first-order chi connectivity index (χ1) is 9.95. The van der Waals surface area contributed by atoms with Crippen molar-refractivity contribution in [3.05, 3.63) is 29.3 Å². The number of aliphatic hydroxyl groups is 1. The van der Waals surface area contributed by atoms with Crippen molar-refractivity contribution in [2.45, 2.75) is 11.8 Å². The predicted octanol–water partition coefficient (Wildman–Crippen LogP) is -0.541. The second kappa shape index (κ2) is 6.26. The quantitative estimate of drug-likeness (QED) is 0.718. The smallest absolute Gasteiger partial charge is 0.243 e. The molecule has 0 bridgehead atoms. The summed E-state index contributed by atoms with van der Waals surface area (Å²) in [5, 5.41) is 11.3. The molecule has 1 amide bonds. The Hall–Kier alpha value is -1.88. The Kier molecular flexibility index (Phi) is 4.63. The highest BCUT2D eigenvalue weighted by atomic mass is 32.2. The van der Waals surface area contributed by atoms with E-state index in [0.29, 0.717) is 17.7 Å². The van der Waals surface area contributed by atoms with Crippen LogP contribution in [0.4, 0.5) is 0 Å². The lowest BCUT2D eigenvalue weighted by Gasteiger charge is -2.26. The van der Waals surface area contributed by atoms with Gasteiger partial charge in [-0.2, -0.15) is 4.31 Å². The van der Waals surface area contributed by atoms with Gasteiger partial charge in [-0.25, -0.2) is 8.42 Å². The lowest BCUT2D eigenvalue weighted by molar-refractivity contribution is -0.122. The Balaban J connectivity index is 2.41. The molecule has 0 unspecified atom stereocenters. The summed E-state index contributed by atoms with van der Waals surface area (Å²) in [6.45, 7) is 1.79. The van der Waals surface area contributed by atoms with Crippen LogP contribution in [-0.4, -0.2) is 50.0 Å². The maximum absolute atomic E-state index is 12.6. The number of nitrogens with one attached hydrogen (secondary N) is 1. The van der Waals surface area contributed by atoms with Gasteiger partial charge in [0.25, 0.3) is 0 Å². The Morgan fingerprint density at radius 1 is 1.43 bits per heavy atom. The third-order valence-electron chi connectivity index (χ3n) is 3.12. The number of nitrogens with zero attached hydrogens (tertiary/aromatic N) is 1. The molecular weight excluding hydrogens is 292 g/mol. The number of hydrogen-bond acceptors (Lipinski definition) is 4. The summed E-state index contributed by atoms with van der Waals surface area (Å²) in [5.41, 5.74) is 1.10. The molecule has 0 aliphatic carbocycles. The van der Waals surface area contributed by atoms with Gasteiger partial charge in [0.05, 0.1) is 11.4 Å². The van der Waals surface area contributed by atoms with Crippen molar-refractivity contribution in [3.8, 4) is 11.8 Å². The molecule has 1 fully saturated rings. The Bertz CT molecular complexity index is 716. The highest BCUT2D eigenvalue weighted by Gasteiger charge is 2.30. The average molecular weight is 308 g/mol. The minimum Gasteiger partial charge on any atom is -0.384 e. The standard InChI is InChI=1S/C14H16N2O4S/c1-11-4-5-12(3-2-8-17)9-13(11)21(19,20)16-7-6-15-14(18)10-16/h4-5,9,17H,6-8,10H2,1H3,(H,15,18). The first kappa shape index (κ1) is 15.5. The van der Waals surface area contributed by atoms with E-state index in [4.69, 9.17) is 5.11 Å². The maximum Gasteiger partial charge on any atom is 0.243 e. The molecule has 1 aromatic carbocycles. The summed E-state index contributed by atoms with van der Waals surface area (Å²) in [7, 11) is -3.73. The van der Waals surface area contributed by atoms with Crippen LogP contribution in [0.2, 0.25) is 0 Å². The number of carbonyl (C=O) groups excluding carboxylic acids is 1. The van der Waals surface area contributed by atoms with Crippen molar-refractivity contribution >= 4 is 15.9 Å². The number of benzene rings is 1. The minimum absolute atomic E-state index is 0.141. The van der Waals surface area contributed by atoms with E-state index in [9.17, 15) is 13.2 Å². The molecule has 7 heteroatoms. The monoisotopic (exact) mass is 308 g/mol. The van der Waals surface area contributed by atoms with E-state index < -0.39 is 10.0 Å². The first-order valence-corrected chi connectivity index (χ1v) is 7.86. The van der Waals surface area contributed by atoms with Gasteiger partial charge in [-0.1, -0.05) is 17.9 Å². The summed E-state index contributed by atoms with van der Waals surface area (Å²) in [6.07, 6.45) is 0. The Morgan fingerprint density at radius 3 is 2.86 bits per heavy atom. The average Bonchev–Trinajstić information content (AvgIpc) is 2.46. The van der Waals surface area contributed by atoms with Gasteiger partial charge in [0.15, 0.2) is 0 Å². The molecule has 0 atom stereocenters. The highest BCUT2D eigenvalue weighted by Crippen LogP contribution is 2.21. The largest absolute Gasteiger partial charge is 0.384 e. The zero-order valence-corrected chi connectivity index (χ0v) is 12.4. The molecule has 1 aliphatic heterocycles. The van der Waals surface area contributed by atoms with Crippen molar-refractivity contribution in [3.63, 3.8) is 0 Å². The van der Waals surface area contributed by atoms with E-state index in [1.807, 2.05) is 0 Å². The van der Waals surface area contributed by atoms with Gasteiger partial charge in [-0.05, 0) is 24.6 Å². The Labute approximate surface area is 123 Å². The summed E-state index contributed by atoms with van der Waals surface area (Å²) in [5.74, 6) is 4.86. The molecule has 112 valence electrons. The fraction of sp³-hybridized carbons (Fsp3) is 0.357. The van der Waals surface area contributed by atoms with Crippen molar-refractivity contribution in [2.75, 3.05) is 26.2 Å². The van der Waals surface area contributed by atoms with Crippen LogP contribution in [0.1, 0.15) is 11.1 Å². The molecule has 0 aromatic heterocycles. The fourth-order valence-corrected chi connectivity index (χ4v) is 3.70. The fourth-order valence-electron chi connectivity index (χ4n) is 2.06. The molecule has 1 aliphatic rings. The lowest BCUT2D eigenvalue weighted by atomic mass is 10.1. The maximum atomic E-state index is 12.6. The normalized spacial score (nSPS) is 16.0. The third-order valence-corrected chi connectivity index (χ3v) is 5.11. The van der Waals surface area contributed by atoms with Gasteiger partial charge < -0.3 is 10.4 Å². The summed E-state index contributed by atoms with van der Waals surface area (Å²) in [4.78, 5) is 11.5. The summed E-state index contributed by atoms with van der Waals surface area (Å²) >= 11 is 0. The summed E-state index contributed by atoms with van der Waals surface area (Å²) in [6, 6.07) is 4.83. The lowest BCUT2D eigenvalue weighted by Crippen LogP contribution is -2.49. The molecule has 21 heavy (non-hydrogen) atoms. The summed E-state index contributed by atoms with van der Waals surface area (Å²) < 4.78 is 26.4. The van der Waals surface area contributed by atoms with Crippen LogP contribution >= 0.6 is 0 Å². The SMILES string of the molecule is Cc1ccc(C#CCO)cc1S(=O)(=O)N1CCNC(=O)C1. The number of aryl methyl sites for hydroxylation is 1. The van der Waals surface area contributed by atoms with Crippen LogP contribution in [0, 0.1) is 18.8 Å². The van der Waals surface area contributed by atoms with Gasteiger partial charge >= 0.3 is 0 Å². The van der Waals surface area contributed by atoms with Crippen molar-refractivity contribution in [2.24, 2.45) is 0 Å². The Morgan fingerprint density at radius 2 is 2.19 bits per heavy atom. The van der Waals surface area contributed by atoms with Gasteiger partial charge in [-0.3, -0.25) is 4.79 Å². The topological polar surface area (TPSA) is 86.7 Å². The molecular formula is C14H16N2O4S. The van der Waals surface area contributed by atoms with Crippen LogP contribution in [-0.2, 0) is 14.8 Å². The van der Waals surface area contributed by atoms with Crippen LogP contribution in [0.15, 0.2) is 23.1 Å². The molecule has 0 saturated carbocycles. The zero-order valence-electron chi connectivity index (χ0n) is 11.6. The van der Waals surface area contributed by atoms with Gasteiger partial charge in [0.1, 0.15) is 6.61 Å². The molecule has 2 rings (SSSR count). The molecule has 1 heterocycles. The van der Waals surface area contributed by atoms with E-state index in [1.165, 1.54) is 6.07 Å². The van der Waals surface area contributed by atoms with Crippen LogP contribution in [0.25, 0.3) is 0 Å². The van der Waals surface area contributed by atoms with Gasteiger partial charge in [0.2, 0.25) is 15.9 Å². The van der Waals surface area contributed by atoms with Gasteiger partial charge in [0, 0.05) is 18.7 Å². The number of hydrogen-bond donors (Lipinski definition) is 2. The molecule has 0 radical (unpaired) electrons. The van der Waals surface area contributed by atoms with Crippen LogP contribution in [0.5, 0.6) is 0 Å². The minimum atomic E-state index is -3.73. The zero-order chi connectivity index (χ0) is 15.5. The molecule has 1 saturated heterocycles. The van der Waals surface area contributed by atoms with Crippen LogP contribution in [0.3, 0.4) is 0 Å². The number of aliphatic hydroxyl groups excluding tert-OH is 1. The third kappa shape index (κ3) is 3.42. The molecule has 0 spiro atoms. The second-order valence-corrected chi connectivity index (χ2v) is 6.54. The van der Waals surface area contributed by atoms with E-state index in [1.54, 1.807) is 19.1 Å². The van der Waals surface area contributed by atoms with E-state index in [0.717, 1.165) is 4.31 Å². The second-order valence-electron chi connectivity index (χ2n) is 4.63. The number of amides is 1. The number of carbonyl (C=O) groups is 1. The first-order valence-electron chi connectivity index (χ1n) is 6.42. The molecule has 2 N–H and O–H groups in total. The van der Waals surface area contributed by atoms with E-state index >= 15 is 0 Å². The highest BCUT2D eigenvalue weighted by molar-refractivity contribution is 7.89. The van der Waals surface area contributed by atoms with Crippen molar-refractivity contribution in [1.29, 1.82) is 0 Å². The van der Waals surface area contributed by atoms with Crippen molar-refractivity contribution in [1.82, 2.24) is 9.62 Å². The molecule has 1 aromatic rings. The van der Waals surface area contributed by atoms with Crippen molar-refractivity contribution < 1.29 is 18.3 Å².